The number of carbonyl (C=O) groups excluding carboxylic acids is 1. The summed E-state index contributed by atoms with van der Waals surface area (Å²) in [6.45, 7) is 0.606. The first-order valence-corrected chi connectivity index (χ1v) is 11.9. The maximum Gasteiger partial charge on any atom is 0.253 e. The molecule has 1 N–H and O–H groups in total. The van der Waals surface area contributed by atoms with Gasteiger partial charge in [0.2, 0.25) is 0 Å². The molecule has 34 heavy (non-hydrogen) atoms. The van der Waals surface area contributed by atoms with Crippen LogP contribution < -0.4 is 9.47 Å². The third-order valence-electron chi connectivity index (χ3n) is 5.46. The fourth-order valence-corrected chi connectivity index (χ4v) is 4.41. The Morgan fingerprint density at radius 3 is 2.06 bits per heavy atom. The second-order valence-electron chi connectivity index (χ2n) is 7.66. The highest BCUT2D eigenvalue weighted by Gasteiger charge is 2.16. The molecular formula is C27H27N3O3S. The van der Waals surface area contributed by atoms with Gasteiger partial charge in [0, 0.05) is 36.0 Å². The highest BCUT2D eigenvalue weighted by Crippen LogP contribution is 2.34. The second kappa shape index (κ2) is 10.9. The van der Waals surface area contributed by atoms with E-state index in [9.17, 15) is 4.79 Å². The number of carbonyl (C=O) groups is 1. The monoisotopic (exact) mass is 473 g/mol. The number of nitrogens with one attached hydrogen (secondary N) is 1. The molecule has 0 saturated carbocycles. The fraction of sp³-hybridized carbons (Fsp3) is 0.185. The summed E-state index contributed by atoms with van der Waals surface area (Å²) in [5.41, 5.74) is 4.50. The molecule has 3 aromatic carbocycles. The van der Waals surface area contributed by atoms with Gasteiger partial charge < -0.3 is 19.4 Å². The minimum absolute atomic E-state index is 0.0125. The molecule has 0 aliphatic carbocycles. The van der Waals surface area contributed by atoms with Crippen LogP contribution in [0.3, 0.4) is 0 Å². The summed E-state index contributed by atoms with van der Waals surface area (Å²) < 4.78 is 10.6. The molecule has 7 heteroatoms. The minimum atomic E-state index is 0.0125. The van der Waals surface area contributed by atoms with Crippen molar-refractivity contribution in [1.29, 1.82) is 0 Å². The first-order valence-electron chi connectivity index (χ1n) is 10.9. The van der Waals surface area contributed by atoms with Crippen LogP contribution in [0.15, 0.2) is 84.0 Å². The number of benzene rings is 3. The van der Waals surface area contributed by atoms with Gasteiger partial charge in [-0.05, 0) is 60.7 Å². The number of thioether (sulfide) groups is 1. The standard InChI is InChI=1S/C27H27N3O3S/c1-30(26(31)21-7-5-4-6-8-21)17-18-34-27-28-24(19-9-13-22(32-2)14-10-19)25(29-27)20-11-15-23(33-3)16-12-20/h4-16H,17-18H2,1-3H3,(H,28,29). The predicted octanol–water partition coefficient (Wildman–Crippen LogP) is 5.63. The minimum Gasteiger partial charge on any atom is -0.497 e. The van der Waals surface area contributed by atoms with Crippen LogP contribution in [0.5, 0.6) is 11.5 Å². The number of amides is 1. The van der Waals surface area contributed by atoms with E-state index in [2.05, 4.69) is 4.98 Å². The number of aromatic amines is 1. The Balaban J connectivity index is 1.53. The Hall–Kier alpha value is -3.71. The van der Waals surface area contributed by atoms with Gasteiger partial charge in [-0.1, -0.05) is 30.0 Å². The molecule has 4 aromatic rings. The Labute approximate surface area is 203 Å². The van der Waals surface area contributed by atoms with Gasteiger partial charge >= 0.3 is 0 Å². The lowest BCUT2D eigenvalue weighted by atomic mass is 10.0. The molecule has 1 amide bonds. The van der Waals surface area contributed by atoms with Crippen LogP contribution in [0.4, 0.5) is 0 Å². The van der Waals surface area contributed by atoms with E-state index < -0.39 is 0 Å². The predicted molar refractivity (Wildman–Crippen MR) is 137 cm³/mol. The van der Waals surface area contributed by atoms with Crippen molar-refractivity contribution in [3.05, 3.63) is 84.4 Å². The molecule has 0 saturated heterocycles. The van der Waals surface area contributed by atoms with E-state index >= 15 is 0 Å². The molecule has 0 atom stereocenters. The number of H-pyrrole nitrogens is 1. The van der Waals surface area contributed by atoms with E-state index in [0.717, 1.165) is 39.2 Å². The third-order valence-corrected chi connectivity index (χ3v) is 6.31. The van der Waals surface area contributed by atoms with E-state index in [-0.39, 0.29) is 5.91 Å². The number of methoxy groups -OCH3 is 2. The summed E-state index contributed by atoms with van der Waals surface area (Å²) in [4.78, 5) is 22.7. The molecule has 1 aromatic heterocycles. The van der Waals surface area contributed by atoms with Gasteiger partial charge in [-0.25, -0.2) is 4.98 Å². The second-order valence-corrected chi connectivity index (χ2v) is 8.75. The summed E-state index contributed by atoms with van der Waals surface area (Å²) in [5.74, 6) is 2.33. The highest BCUT2D eigenvalue weighted by molar-refractivity contribution is 7.99. The van der Waals surface area contributed by atoms with Crippen LogP contribution in [-0.4, -0.2) is 54.3 Å². The molecule has 0 aliphatic rings. The SMILES string of the molecule is COc1ccc(-c2nc(SCCN(C)C(=O)c3ccccc3)[nH]c2-c2ccc(OC)cc2)cc1. The van der Waals surface area contributed by atoms with Crippen molar-refractivity contribution in [3.8, 4) is 34.0 Å². The van der Waals surface area contributed by atoms with E-state index in [1.54, 1.807) is 30.9 Å². The van der Waals surface area contributed by atoms with Gasteiger partial charge in [-0.2, -0.15) is 0 Å². The molecule has 4 rings (SSSR count). The van der Waals surface area contributed by atoms with Gasteiger partial charge in [0.25, 0.3) is 5.91 Å². The lowest BCUT2D eigenvalue weighted by Gasteiger charge is -2.16. The average Bonchev–Trinajstić information content (AvgIpc) is 3.33. The number of imidazole rings is 1. The molecule has 1 heterocycles. The van der Waals surface area contributed by atoms with Crippen LogP contribution in [0, 0.1) is 0 Å². The van der Waals surface area contributed by atoms with Crippen molar-refractivity contribution in [2.75, 3.05) is 33.6 Å². The van der Waals surface area contributed by atoms with Gasteiger partial charge in [0.15, 0.2) is 5.16 Å². The van der Waals surface area contributed by atoms with E-state index in [1.807, 2.05) is 85.9 Å². The quantitative estimate of drug-likeness (QED) is 0.319. The normalized spacial score (nSPS) is 10.7. The van der Waals surface area contributed by atoms with Crippen molar-refractivity contribution < 1.29 is 14.3 Å². The van der Waals surface area contributed by atoms with Crippen molar-refractivity contribution in [2.24, 2.45) is 0 Å². The molecule has 0 bridgehead atoms. The van der Waals surface area contributed by atoms with Crippen LogP contribution in [0.2, 0.25) is 0 Å². The van der Waals surface area contributed by atoms with Gasteiger partial charge in [0.05, 0.1) is 25.6 Å². The summed E-state index contributed by atoms with van der Waals surface area (Å²) in [7, 11) is 5.13. The molecule has 0 radical (unpaired) electrons. The number of nitrogens with zero attached hydrogens (tertiary/aromatic N) is 2. The van der Waals surface area contributed by atoms with Gasteiger partial charge in [-0.3, -0.25) is 4.79 Å². The Bertz CT molecular complexity index is 1160. The van der Waals surface area contributed by atoms with Crippen LogP contribution in [-0.2, 0) is 0 Å². The lowest BCUT2D eigenvalue weighted by Crippen LogP contribution is -2.28. The maximum absolute atomic E-state index is 12.6. The number of rotatable bonds is 9. The van der Waals surface area contributed by atoms with Crippen molar-refractivity contribution in [2.45, 2.75) is 5.16 Å². The average molecular weight is 474 g/mol. The molecule has 0 spiro atoms. The molecule has 0 unspecified atom stereocenters. The summed E-state index contributed by atoms with van der Waals surface area (Å²) in [6.07, 6.45) is 0. The summed E-state index contributed by atoms with van der Waals surface area (Å²) >= 11 is 1.59. The molecule has 6 nitrogen and oxygen atoms in total. The maximum atomic E-state index is 12.6. The number of aromatic nitrogens is 2. The first-order chi connectivity index (χ1) is 16.6. The summed E-state index contributed by atoms with van der Waals surface area (Å²) in [5, 5.41) is 0.803. The van der Waals surface area contributed by atoms with E-state index in [4.69, 9.17) is 14.5 Å². The Morgan fingerprint density at radius 2 is 1.47 bits per heavy atom. The molecule has 0 aliphatic heterocycles. The van der Waals surface area contributed by atoms with Crippen LogP contribution in [0.1, 0.15) is 10.4 Å². The molecule has 0 fully saturated rings. The lowest BCUT2D eigenvalue weighted by molar-refractivity contribution is 0.0803. The van der Waals surface area contributed by atoms with Crippen molar-refractivity contribution >= 4 is 17.7 Å². The van der Waals surface area contributed by atoms with E-state index in [1.165, 1.54) is 0 Å². The number of hydrogen-bond acceptors (Lipinski definition) is 5. The third kappa shape index (κ3) is 5.43. The van der Waals surface area contributed by atoms with E-state index in [0.29, 0.717) is 17.9 Å². The number of hydrogen-bond donors (Lipinski definition) is 1. The zero-order valence-corrected chi connectivity index (χ0v) is 20.3. The largest absolute Gasteiger partial charge is 0.497 e. The topological polar surface area (TPSA) is 67.5 Å². The molecular weight excluding hydrogens is 446 g/mol. The Kier molecular flexibility index (Phi) is 7.54. The van der Waals surface area contributed by atoms with Crippen LogP contribution in [0.25, 0.3) is 22.5 Å². The molecule has 174 valence electrons. The fourth-order valence-electron chi connectivity index (χ4n) is 3.53. The van der Waals surface area contributed by atoms with Crippen LogP contribution >= 0.6 is 11.8 Å². The first kappa shape index (κ1) is 23.4. The zero-order chi connectivity index (χ0) is 23.9. The smallest absolute Gasteiger partial charge is 0.253 e. The van der Waals surface area contributed by atoms with Gasteiger partial charge in [-0.15, -0.1) is 0 Å². The summed E-state index contributed by atoms with van der Waals surface area (Å²) in [6, 6.07) is 25.1. The zero-order valence-electron chi connectivity index (χ0n) is 19.4. The van der Waals surface area contributed by atoms with Gasteiger partial charge in [0.1, 0.15) is 11.5 Å². The number of ether oxygens (including phenoxy) is 2. The van der Waals surface area contributed by atoms with Crippen molar-refractivity contribution in [3.63, 3.8) is 0 Å². The van der Waals surface area contributed by atoms with Crippen molar-refractivity contribution in [1.82, 2.24) is 14.9 Å². The Morgan fingerprint density at radius 1 is 0.882 bits per heavy atom. The highest BCUT2D eigenvalue weighted by atomic mass is 32.2.